The molecule has 6 nitrogen and oxygen atoms in total. The van der Waals surface area contributed by atoms with Crippen LogP contribution in [0.4, 0.5) is 0 Å². The number of nitrogens with zero attached hydrogens (tertiary/aromatic N) is 1. The van der Waals surface area contributed by atoms with Crippen molar-refractivity contribution in [3.63, 3.8) is 0 Å². The fraction of sp³-hybridized carbons (Fsp3) is 0.500. The molecule has 0 atom stereocenters. The summed E-state index contributed by atoms with van der Waals surface area (Å²) in [5, 5.41) is 11.6. The Morgan fingerprint density at radius 1 is 1.38 bits per heavy atom. The molecule has 0 aliphatic rings. The number of nitrogens with one attached hydrogen (secondary N) is 3. The predicted octanol–water partition coefficient (Wildman–Crippen LogP) is 0.0558. The summed E-state index contributed by atoms with van der Waals surface area (Å²) in [5.74, 6) is -0.272. The van der Waals surface area contributed by atoms with Crippen molar-refractivity contribution in [3.8, 4) is 0 Å². The Hall–Kier alpha value is -1.85. The van der Waals surface area contributed by atoms with Gasteiger partial charge in [0, 0.05) is 25.7 Å². The van der Waals surface area contributed by atoms with Crippen LogP contribution < -0.4 is 10.6 Å². The molecule has 0 aliphatic heterocycles. The number of amides is 2. The fourth-order valence-corrected chi connectivity index (χ4v) is 1.12. The molecule has 0 fully saturated rings. The van der Waals surface area contributed by atoms with Crippen LogP contribution in [0.1, 0.15) is 30.1 Å². The van der Waals surface area contributed by atoms with E-state index in [0.717, 1.165) is 6.42 Å². The van der Waals surface area contributed by atoms with Gasteiger partial charge in [-0.25, -0.2) is 0 Å². The maximum absolute atomic E-state index is 11.4. The highest BCUT2D eigenvalue weighted by Gasteiger charge is 2.06. The number of aromatic nitrogens is 2. The van der Waals surface area contributed by atoms with Gasteiger partial charge in [0.1, 0.15) is 0 Å². The van der Waals surface area contributed by atoms with Crippen LogP contribution in [-0.2, 0) is 4.79 Å². The Morgan fingerprint density at radius 2 is 2.19 bits per heavy atom. The number of rotatable bonds is 6. The molecule has 1 aromatic rings. The van der Waals surface area contributed by atoms with Crippen molar-refractivity contribution >= 4 is 11.8 Å². The molecule has 1 rings (SSSR count). The summed E-state index contributed by atoms with van der Waals surface area (Å²) in [6.45, 7) is 3.00. The number of carbonyl (C=O) groups is 2. The first-order chi connectivity index (χ1) is 7.74. The summed E-state index contributed by atoms with van der Waals surface area (Å²) in [5.41, 5.74) is 0.467. The zero-order chi connectivity index (χ0) is 11.8. The molecule has 0 bridgehead atoms. The summed E-state index contributed by atoms with van der Waals surface area (Å²) < 4.78 is 0. The van der Waals surface area contributed by atoms with Crippen molar-refractivity contribution in [3.05, 3.63) is 18.0 Å². The molecule has 6 heteroatoms. The molecule has 2 amide bonds. The quantitative estimate of drug-likeness (QED) is 0.638. The summed E-state index contributed by atoms with van der Waals surface area (Å²) >= 11 is 0. The molecule has 0 aliphatic carbocycles. The van der Waals surface area contributed by atoms with Gasteiger partial charge in [0.2, 0.25) is 5.91 Å². The maximum atomic E-state index is 11.4. The number of hydrogen-bond donors (Lipinski definition) is 3. The smallest absolute Gasteiger partial charge is 0.254 e. The summed E-state index contributed by atoms with van der Waals surface area (Å²) in [4.78, 5) is 22.6. The first-order valence-corrected chi connectivity index (χ1v) is 5.27. The lowest BCUT2D eigenvalue weighted by molar-refractivity contribution is -0.120. The summed E-state index contributed by atoms with van der Waals surface area (Å²) in [6.07, 6.45) is 4.15. The van der Waals surface area contributed by atoms with E-state index in [9.17, 15) is 9.59 Å². The zero-order valence-corrected chi connectivity index (χ0v) is 9.25. The third-order valence-corrected chi connectivity index (χ3v) is 1.97. The SMILES string of the molecule is CCCNC(=O)CCNC(=O)c1cn[nH]c1. The van der Waals surface area contributed by atoms with Gasteiger partial charge in [-0.2, -0.15) is 5.10 Å². The fourth-order valence-electron chi connectivity index (χ4n) is 1.12. The first kappa shape index (κ1) is 12.2. The lowest BCUT2D eigenvalue weighted by Gasteiger charge is -2.04. The number of H-pyrrole nitrogens is 1. The minimum Gasteiger partial charge on any atom is -0.356 e. The standard InChI is InChI=1S/C10H16N4O2/c1-2-4-11-9(15)3-5-12-10(16)8-6-13-14-7-8/h6-7H,2-5H2,1H3,(H,11,15)(H,12,16)(H,13,14). The van der Waals surface area contributed by atoms with Gasteiger partial charge in [0.15, 0.2) is 0 Å². The molecule has 0 saturated heterocycles. The third kappa shape index (κ3) is 4.12. The van der Waals surface area contributed by atoms with Gasteiger partial charge in [0.05, 0.1) is 11.8 Å². The van der Waals surface area contributed by atoms with Crippen molar-refractivity contribution < 1.29 is 9.59 Å². The molecule has 0 radical (unpaired) electrons. The Kier molecular flexibility index (Phi) is 5.04. The summed E-state index contributed by atoms with van der Waals surface area (Å²) in [7, 11) is 0. The van der Waals surface area contributed by atoms with E-state index in [0.29, 0.717) is 25.1 Å². The van der Waals surface area contributed by atoms with Gasteiger partial charge < -0.3 is 10.6 Å². The molecule has 0 unspecified atom stereocenters. The minimum atomic E-state index is -0.225. The van der Waals surface area contributed by atoms with Crippen LogP contribution in [0.25, 0.3) is 0 Å². The Balaban J connectivity index is 2.16. The van der Waals surface area contributed by atoms with E-state index in [1.807, 2.05) is 6.92 Å². The number of aromatic amines is 1. The third-order valence-electron chi connectivity index (χ3n) is 1.97. The van der Waals surface area contributed by atoms with Gasteiger partial charge in [-0.05, 0) is 6.42 Å². The van der Waals surface area contributed by atoms with Crippen molar-refractivity contribution in [1.29, 1.82) is 0 Å². The monoisotopic (exact) mass is 224 g/mol. The molecule has 16 heavy (non-hydrogen) atoms. The second-order valence-corrected chi connectivity index (χ2v) is 3.34. The lowest BCUT2D eigenvalue weighted by atomic mass is 10.3. The van der Waals surface area contributed by atoms with Gasteiger partial charge >= 0.3 is 0 Å². The van der Waals surface area contributed by atoms with Gasteiger partial charge in [-0.15, -0.1) is 0 Å². The molecule has 0 aromatic carbocycles. The molecule has 3 N–H and O–H groups in total. The zero-order valence-electron chi connectivity index (χ0n) is 9.25. The van der Waals surface area contributed by atoms with E-state index < -0.39 is 0 Å². The highest BCUT2D eigenvalue weighted by Crippen LogP contribution is 1.92. The van der Waals surface area contributed by atoms with Crippen LogP contribution in [0.15, 0.2) is 12.4 Å². The van der Waals surface area contributed by atoms with E-state index in [1.165, 1.54) is 12.4 Å². The Labute approximate surface area is 93.8 Å². The maximum Gasteiger partial charge on any atom is 0.254 e. The topological polar surface area (TPSA) is 86.9 Å². The lowest BCUT2D eigenvalue weighted by Crippen LogP contribution is -2.30. The Morgan fingerprint density at radius 3 is 2.81 bits per heavy atom. The average molecular weight is 224 g/mol. The molecule has 1 aromatic heterocycles. The molecule has 88 valence electrons. The van der Waals surface area contributed by atoms with E-state index in [4.69, 9.17) is 0 Å². The summed E-state index contributed by atoms with van der Waals surface area (Å²) in [6, 6.07) is 0. The van der Waals surface area contributed by atoms with Crippen LogP contribution >= 0.6 is 0 Å². The van der Waals surface area contributed by atoms with Crippen molar-refractivity contribution in [2.24, 2.45) is 0 Å². The number of carbonyl (C=O) groups excluding carboxylic acids is 2. The normalized spacial score (nSPS) is 9.81. The molecule has 0 saturated carbocycles. The van der Waals surface area contributed by atoms with E-state index in [-0.39, 0.29) is 11.8 Å². The predicted molar refractivity (Wildman–Crippen MR) is 58.8 cm³/mol. The highest BCUT2D eigenvalue weighted by atomic mass is 16.2. The molecule has 0 spiro atoms. The van der Waals surface area contributed by atoms with Crippen LogP contribution in [-0.4, -0.2) is 35.1 Å². The van der Waals surface area contributed by atoms with Crippen LogP contribution in [0.2, 0.25) is 0 Å². The van der Waals surface area contributed by atoms with E-state index in [2.05, 4.69) is 20.8 Å². The van der Waals surface area contributed by atoms with Crippen molar-refractivity contribution in [2.75, 3.05) is 13.1 Å². The molecular formula is C10H16N4O2. The number of hydrogen-bond acceptors (Lipinski definition) is 3. The van der Waals surface area contributed by atoms with Gasteiger partial charge in [-0.3, -0.25) is 14.7 Å². The Bertz CT molecular complexity index is 335. The molecular weight excluding hydrogens is 208 g/mol. The minimum absolute atomic E-state index is 0.0469. The van der Waals surface area contributed by atoms with Gasteiger partial charge in [0.25, 0.3) is 5.91 Å². The second-order valence-electron chi connectivity index (χ2n) is 3.34. The van der Waals surface area contributed by atoms with Crippen molar-refractivity contribution in [2.45, 2.75) is 19.8 Å². The van der Waals surface area contributed by atoms with Crippen LogP contribution in [0, 0.1) is 0 Å². The van der Waals surface area contributed by atoms with Crippen LogP contribution in [0.5, 0.6) is 0 Å². The largest absolute Gasteiger partial charge is 0.356 e. The van der Waals surface area contributed by atoms with E-state index in [1.54, 1.807) is 0 Å². The van der Waals surface area contributed by atoms with Crippen molar-refractivity contribution in [1.82, 2.24) is 20.8 Å². The van der Waals surface area contributed by atoms with Crippen LogP contribution in [0.3, 0.4) is 0 Å². The highest BCUT2D eigenvalue weighted by molar-refractivity contribution is 5.93. The second kappa shape index (κ2) is 6.60. The van der Waals surface area contributed by atoms with E-state index >= 15 is 0 Å². The molecule has 1 heterocycles. The average Bonchev–Trinajstić information content (AvgIpc) is 2.79. The first-order valence-electron chi connectivity index (χ1n) is 5.27. The van der Waals surface area contributed by atoms with Gasteiger partial charge in [-0.1, -0.05) is 6.92 Å².